The van der Waals surface area contributed by atoms with Crippen molar-refractivity contribution in [3.63, 3.8) is 0 Å². The monoisotopic (exact) mass is 400 g/mol. The molecule has 0 aliphatic carbocycles. The Morgan fingerprint density at radius 1 is 1.14 bits per heavy atom. The van der Waals surface area contributed by atoms with Crippen LogP contribution >= 0.6 is 0 Å². The molecule has 0 unspecified atom stereocenters. The molecule has 0 amide bonds. The zero-order chi connectivity index (χ0) is 20.7. The van der Waals surface area contributed by atoms with Gasteiger partial charge in [-0.15, -0.1) is 0 Å². The molecule has 2 rings (SSSR count). The van der Waals surface area contributed by atoms with E-state index in [1.165, 1.54) is 0 Å². The lowest BCUT2D eigenvalue weighted by atomic mass is 9.97. The van der Waals surface area contributed by atoms with Gasteiger partial charge < -0.3 is 4.74 Å². The van der Waals surface area contributed by atoms with Crippen LogP contribution in [0.15, 0.2) is 47.4 Å². The molecule has 0 heterocycles. The first-order valence-corrected chi connectivity index (χ1v) is 10.5. The lowest BCUT2D eigenvalue weighted by Gasteiger charge is -2.15. The summed E-state index contributed by atoms with van der Waals surface area (Å²) in [5.74, 6) is -0.374. The van der Waals surface area contributed by atoms with Gasteiger partial charge in [0.15, 0.2) is 0 Å². The number of nitriles is 1. The molecule has 0 aliphatic rings. The number of carbonyl (C=O) groups excluding carboxylic acids is 1. The van der Waals surface area contributed by atoms with E-state index >= 15 is 0 Å². The Morgan fingerprint density at radius 2 is 1.79 bits per heavy atom. The third kappa shape index (κ3) is 5.65. The molecule has 0 atom stereocenters. The highest BCUT2D eigenvalue weighted by atomic mass is 32.2. The van der Waals surface area contributed by atoms with Gasteiger partial charge in [0.25, 0.3) is 0 Å². The Labute approximate surface area is 166 Å². The maximum absolute atomic E-state index is 12.7. The SMILES string of the molecule is CCOC(=O)CNS(=O)(=O)c1ccc(-c2ccc(C#N)cc2)cc1CC(C)C. The zero-order valence-electron chi connectivity index (χ0n) is 16.2. The van der Waals surface area contributed by atoms with Crippen molar-refractivity contribution >= 4 is 16.0 Å². The van der Waals surface area contributed by atoms with E-state index < -0.39 is 22.5 Å². The highest BCUT2D eigenvalue weighted by molar-refractivity contribution is 7.89. The smallest absolute Gasteiger partial charge is 0.321 e. The Bertz CT molecular complexity index is 974. The van der Waals surface area contributed by atoms with Gasteiger partial charge in [0.05, 0.1) is 23.1 Å². The van der Waals surface area contributed by atoms with Gasteiger partial charge in [-0.1, -0.05) is 32.0 Å². The lowest BCUT2D eigenvalue weighted by Crippen LogP contribution is -2.31. The molecular weight excluding hydrogens is 376 g/mol. The van der Waals surface area contributed by atoms with Crippen LogP contribution in [-0.2, 0) is 26.0 Å². The second kappa shape index (κ2) is 9.49. The number of rotatable bonds is 8. The molecule has 7 heteroatoms. The second-order valence-electron chi connectivity index (χ2n) is 6.74. The minimum Gasteiger partial charge on any atom is -0.465 e. The first-order valence-electron chi connectivity index (χ1n) is 9.05. The van der Waals surface area contributed by atoms with Gasteiger partial charge in [0.2, 0.25) is 10.0 Å². The lowest BCUT2D eigenvalue weighted by molar-refractivity contribution is -0.141. The molecule has 0 fully saturated rings. The fourth-order valence-electron chi connectivity index (χ4n) is 2.80. The highest BCUT2D eigenvalue weighted by Crippen LogP contribution is 2.27. The van der Waals surface area contributed by atoms with Crippen molar-refractivity contribution in [2.24, 2.45) is 5.92 Å². The van der Waals surface area contributed by atoms with E-state index in [0.717, 1.165) is 11.1 Å². The van der Waals surface area contributed by atoms with Crippen molar-refractivity contribution < 1.29 is 17.9 Å². The average molecular weight is 401 g/mol. The van der Waals surface area contributed by atoms with E-state index in [0.29, 0.717) is 17.5 Å². The molecular formula is C21H24N2O4S. The molecule has 0 saturated carbocycles. The van der Waals surface area contributed by atoms with Gasteiger partial charge in [-0.05, 0) is 60.2 Å². The van der Waals surface area contributed by atoms with Crippen molar-refractivity contribution in [3.05, 3.63) is 53.6 Å². The Morgan fingerprint density at radius 3 is 2.36 bits per heavy atom. The van der Waals surface area contributed by atoms with Gasteiger partial charge in [0, 0.05) is 0 Å². The fourth-order valence-corrected chi connectivity index (χ4v) is 4.00. The van der Waals surface area contributed by atoms with E-state index in [2.05, 4.69) is 10.8 Å². The second-order valence-corrected chi connectivity index (χ2v) is 8.47. The summed E-state index contributed by atoms with van der Waals surface area (Å²) in [7, 11) is -3.85. The standard InChI is InChI=1S/C21H24N2O4S/c1-4-27-21(24)14-23-28(25,26)20-10-9-18(12-19(20)11-15(2)3)17-7-5-16(13-22)6-8-17/h5-10,12,15,23H,4,11,14H2,1-3H3. The van der Waals surface area contributed by atoms with Crippen LogP contribution in [-0.4, -0.2) is 27.5 Å². The first kappa shape index (κ1) is 21.6. The predicted octanol–water partition coefficient (Wildman–Crippen LogP) is 3.27. The number of benzene rings is 2. The molecule has 0 radical (unpaired) electrons. The van der Waals surface area contributed by atoms with Crippen LogP contribution in [0, 0.1) is 17.2 Å². The molecule has 1 N–H and O–H groups in total. The maximum atomic E-state index is 12.7. The maximum Gasteiger partial charge on any atom is 0.321 e. The Kier molecular flexibility index (Phi) is 7.32. The molecule has 28 heavy (non-hydrogen) atoms. The summed E-state index contributed by atoms with van der Waals surface area (Å²) in [5, 5.41) is 8.93. The summed E-state index contributed by atoms with van der Waals surface area (Å²) in [6, 6.07) is 14.3. The minimum absolute atomic E-state index is 0.155. The normalized spacial score (nSPS) is 11.2. The molecule has 2 aromatic carbocycles. The molecule has 2 aromatic rings. The van der Waals surface area contributed by atoms with E-state index in [1.54, 1.807) is 31.2 Å². The third-order valence-corrected chi connectivity index (χ3v) is 5.54. The molecule has 0 spiro atoms. The summed E-state index contributed by atoms with van der Waals surface area (Å²) in [5.41, 5.74) is 3.00. The van der Waals surface area contributed by atoms with Crippen LogP contribution in [0.5, 0.6) is 0 Å². The van der Waals surface area contributed by atoms with Crippen LogP contribution < -0.4 is 4.72 Å². The Balaban J connectivity index is 2.38. The van der Waals surface area contributed by atoms with Gasteiger partial charge in [0.1, 0.15) is 6.54 Å². The molecule has 0 saturated heterocycles. The number of carbonyl (C=O) groups is 1. The summed E-state index contributed by atoms with van der Waals surface area (Å²) < 4.78 is 32.5. The number of ether oxygens (including phenoxy) is 1. The summed E-state index contributed by atoms with van der Waals surface area (Å²) in [6.07, 6.45) is 0.569. The summed E-state index contributed by atoms with van der Waals surface area (Å²) in [4.78, 5) is 11.7. The molecule has 0 aliphatic heterocycles. The Hall–Kier alpha value is -2.69. The van der Waals surface area contributed by atoms with Gasteiger partial charge >= 0.3 is 5.97 Å². The molecule has 0 aromatic heterocycles. The first-order chi connectivity index (χ1) is 13.3. The van der Waals surface area contributed by atoms with Crippen molar-refractivity contribution in [1.82, 2.24) is 4.72 Å². The molecule has 6 nitrogen and oxygen atoms in total. The van der Waals surface area contributed by atoms with E-state index in [-0.39, 0.29) is 17.4 Å². The molecule has 148 valence electrons. The van der Waals surface area contributed by atoms with Gasteiger partial charge in [-0.25, -0.2) is 8.42 Å². The summed E-state index contributed by atoms with van der Waals surface area (Å²) >= 11 is 0. The van der Waals surface area contributed by atoms with Gasteiger partial charge in [-0.3, -0.25) is 4.79 Å². The van der Waals surface area contributed by atoms with Gasteiger partial charge in [-0.2, -0.15) is 9.98 Å². The molecule has 0 bridgehead atoms. The van der Waals surface area contributed by atoms with Crippen LogP contribution in [0.4, 0.5) is 0 Å². The van der Waals surface area contributed by atoms with E-state index in [4.69, 9.17) is 10.00 Å². The minimum atomic E-state index is -3.85. The highest BCUT2D eigenvalue weighted by Gasteiger charge is 2.21. The number of nitrogens with zero attached hydrogens (tertiary/aromatic N) is 1. The fraction of sp³-hybridized carbons (Fsp3) is 0.333. The van der Waals surface area contributed by atoms with E-state index in [9.17, 15) is 13.2 Å². The summed E-state index contributed by atoms with van der Waals surface area (Å²) in [6.45, 7) is 5.47. The topological polar surface area (TPSA) is 96.3 Å². The van der Waals surface area contributed by atoms with Crippen molar-refractivity contribution in [2.75, 3.05) is 13.2 Å². The quantitative estimate of drug-likeness (QED) is 0.686. The van der Waals surface area contributed by atoms with Crippen LogP contribution in [0.1, 0.15) is 31.9 Å². The average Bonchev–Trinajstić information content (AvgIpc) is 2.66. The number of esters is 1. The largest absolute Gasteiger partial charge is 0.465 e. The number of hydrogen-bond donors (Lipinski definition) is 1. The van der Waals surface area contributed by atoms with Crippen molar-refractivity contribution in [1.29, 1.82) is 5.26 Å². The number of sulfonamides is 1. The number of nitrogens with one attached hydrogen (secondary N) is 1. The van der Waals surface area contributed by atoms with Crippen molar-refractivity contribution in [2.45, 2.75) is 32.1 Å². The predicted molar refractivity (Wildman–Crippen MR) is 107 cm³/mol. The van der Waals surface area contributed by atoms with Crippen LogP contribution in [0.25, 0.3) is 11.1 Å². The van der Waals surface area contributed by atoms with Crippen LogP contribution in [0.2, 0.25) is 0 Å². The number of hydrogen-bond acceptors (Lipinski definition) is 5. The van der Waals surface area contributed by atoms with E-state index in [1.807, 2.05) is 32.0 Å². The van der Waals surface area contributed by atoms with Crippen molar-refractivity contribution in [3.8, 4) is 17.2 Å². The van der Waals surface area contributed by atoms with Crippen LogP contribution in [0.3, 0.4) is 0 Å². The third-order valence-electron chi connectivity index (χ3n) is 4.04. The zero-order valence-corrected chi connectivity index (χ0v) is 17.0.